The molecule has 0 aliphatic heterocycles. The summed E-state index contributed by atoms with van der Waals surface area (Å²) >= 11 is 0. The average Bonchev–Trinajstić information content (AvgIpc) is 2.67. The van der Waals surface area contributed by atoms with Crippen molar-refractivity contribution in [1.82, 2.24) is 4.57 Å². The topological polar surface area (TPSA) is 62.5 Å². The first-order valence-corrected chi connectivity index (χ1v) is 6.55. The zero-order valence-corrected chi connectivity index (χ0v) is 11.3. The first kappa shape index (κ1) is 13.6. The summed E-state index contributed by atoms with van der Waals surface area (Å²) in [5, 5.41) is 19.3. The van der Waals surface area contributed by atoms with Gasteiger partial charge in [0.1, 0.15) is 0 Å². The number of aliphatic hydroxyl groups is 1. The maximum absolute atomic E-state index is 11.2. The summed E-state index contributed by atoms with van der Waals surface area (Å²) in [6.45, 7) is 4.52. The molecule has 4 heteroatoms. The highest BCUT2D eigenvalue weighted by atomic mass is 16.4. The smallest absolute Gasteiger partial charge is 0.335 e. The number of carboxylic acids is 1. The molecule has 0 radical (unpaired) electrons. The fourth-order valence-corrected chi connectivity index (χ4v) is 2.51. The van der Waals surface area contributed by atoms with Crippen LogP contribution >= 0.6 is 0 Å². The third-order valence-electron chi connectivity index (χ3n) is 3.40. The zero-order valence-electron chi connectivity index (χ0n) is 11.3. The van der Waals surface area contributed by atoms with E-state index in [0.717, 1.165) is 34.9 Å². The van der Waals surface area contributed by atoms with Gasteiger partial charge in [0, 0.05) is 23.6 Å². The van der Waals surface area contributed by atoms with E-state index in [0.29, 0.717) is 12.1 Å². The van der Waals surface area contributed by atoms with Crippen molar-refractivity contribution in [2.24, 2.45) is 0 Å². The summed E-state index contributed by atoms with van der Waals surface area (Å²) in [7, 11) is 0. The molecule has 0 aliphatic rings. The largest absolute Gasteiger partial charge is 0.478 e. The molecule has 4 nitrogen and oxygen atoms in total. The van der Waals surface area contributed by atoms with E-state index in [1.54, 1.807) is 13.0 Å². The van der Waals surface area contributed by atoms with Crippen LogP contribution in [0.1, 0.15) is 34.8 Å². The zero-order chi connectivity index (χ0) is 14.0. The molecule has 0 bridgehead atoms. The molecule has 19 heavy (non-hydrogen) atoms. The lowest BCUT2D eigenvalue weighted by Gasteiger charge is -2.05. The summed E-state index contributed by atoms with van der Waals surface area (Å²) in [4.78, 5) is 11.2. The molecule has 0 saturated heterocycles. The van der Waals surface area contributed by atoms with Crippen molar-refractivity contribution in [3.8, 4) is 0 Å². The maximum atomic E-state index is 11.2. The predicted molar refractivity (Wildman–Crippen MR) is 74.7 cm³/mol. The summed E-state index contributed by atoms with van der Waals surface area (Å²) < 4.78 is 2.00. The average molecular weight is 261 g/mol. The predicted octanol–water partition coefficient (Wildman–Crippen LogP) is 2.59. The van der Waals surface area contributed by atoms with Crippen LogP contribution in [0, 0.1) is 6.92 Å². The lowest BCUT2D eigenvalue weighted by atomic mass is 10.0. The van der Waals surface area contributed by atoms with Gasteiger partial charge in [-0.1, -0.05) is 13.3 Å². The van der Waals surface area contributed by atoms with E-state index in [9.17, 15) is 9.90 Å². The SMILES string of the molecule is CCCc1cn(CCO)c2cc(C)c(C(=O)O)cc12. The lowest BCUT2D eigenvalue weighted by molar-refractivity contribution is 0.0696. The molecular formula is C15H19NO3. The number of aryl methyl sites for hydroxylation is 2. The van der Waals surface area contributed by atoms with Crippen LogP contribution in [0.25, 0.3) is 10.9 Å². The summed E-state index contributed by atoms with van der Waals surface area (Å²) in [6, 6.07) is 3.65. The molecule has 0 amide bonds. The minimum Gasteiger partial charge on any atom is -0.478 e. The fourth-order valence-electron chi connectivity index (χ4n) is 2.51. The second kappa shape index (κ2) is 5.45. The van der Waals surface area contributed by atoms with Gasteiger partial charge in [-0.05, 0) is 36.6 Å². The summed E-state index contributed by atoms with van der Waals surface area (Å²) in [6.07, 6.45) is 3.95. The summed E-state index contributed by atoms with van der Waals surface area (Å²) in [5.41, 5.74) is 3.25. The molecule has 2 N–H and O–H groups in total. The van der Waals surface area contributed by atoms with Crippen LogP contribution in [0.2, 0.25) is 0 Å². The number of aliphatic hydroxyl groups excluding tert-OH is 1. The number of aromatic carboxylic acids is 1. The van der Waals surface area contributed by atoms with Gasteiger partial charge >= 0.3 is 5.97 Å². The quantitative estimate of drug-likeness (QED) is 0.869. The Morgan fingerprint density at radius 2 is 2.11 bits per heavy atom. The van der Waals surface area contributed by atoms with Gasteiger partial charge < -0.3 is 14.8 Å². The molecular weight excluding hydrogens is 242 g/mol. The molecule has 2 rings (SSSR count). The number of fused-ring (bicyclic) bond motifs is 1. The van der Waals surface area contributed by atoms with Crippen LogP contribution < -0.4 is 0 Å². The van der Waals surface area contributed by atoms with Crippen LogP contribution in [0.3, 0.4) is 0 Å². The van der Waals surface area contributed by atoms with Crippen LogP contribution in [0.4, 0.5) is 0 Å². The van der Waals surface area contributed by atoms with E-state index in [1.807, 2.05) is 16.8 Å². The van der Waals surface area contributed by atoms with Crippen LogP contribution in [0.15, 0.2) is 18.3 Å². The Morgan fingerprint density at radius 3 is 2.68 bits per heavy atom. The lowest BCUT2D eigenvalue weighted by Crippen LogP contribution is -2.02. The fraction of sp³-hybridized carbons (Fsp3) is 0.400. The van der Waals surface area contributed by atoms with Crippen molar-refractivity contribution in [1.29, 1.82) is 0 Å². The number of rotatable bonds is 5. The van der Waals surface area contributed by atoms with E-state index in [4.69, 9.17) is 5.11 Å². The molecule has 0 spiro atoms. The van der Waals surface area contributed by atoms with Crippen molar-refractivity contribution in [3.63, 3.8) is 0 Å². The third kappa shape index (κ3) is 2.49. The van der Waals surface area contributed by atoms with Crippen molar-refractivity contribution in [3.05, 3.63) is 35.0 Å². The van der Waals surface area contributed by atoms with E-state index in [-0.39, 0.29) is 6.61 Å². The van der Waals surface area contributed by atoms with Gasteiger partial charge in [0.05, 0.1) is 12.2 Å². The highest BCUT2D eigenvalue weighted by Gasteiger charge is 2.14. The molecule has 0 fully saturated rings. The molecule has 1 heterocycles. The first-order valence-electron chi connectivity index (χ1n) is 6.55. The Bertz CT molecular complexity index is 613. The minimum absolute atomic E-state index is 0.0784. The second-order valence-electron chi connectivity index (χ2n) is 4.81. The number of nitrogens with zero attached hydrogens (tertiary/aromatic N) is 1. The second-order valence-corrected chi connectivity index (χ2v) is 4.81. The number of benzene rings is 1. The maximum Gasteiger partial charge on any atom is 0.335 e. The molecule has 2 aromatic rings. The summed E-state index contributed by atoms with van der Waals surface area (Å²) in [5.74, 6) is -0.892. The van der Waals surface area contributed by atoms with E-state index < -0.39 is 5.97 Å². The molecule has 1 aromatic heterocycles. The monoisotopic (exact) mass is 261 g/mol. The third-order valence-corrected chi connectivity index (χ3v) is 3.40. The van der Waals surface area contributed by atoms with E-state index >= 15 is 0 Å². The van der Waals surface area contributed by atoms with Gasteiger partial charge in [-0.3, -0.25) is 0 Å². The minimum atomic E-state index is -0.892. The van der Waals surface area contributed by atoms with Crippen molar-refractivity contribution >= 4 is 16.9 Å². The van der Waals surface area contributed by atoms with Gasteiger partial charge in [0.2, 0.25) is 0 Å². The number of carboxylic acid groups (broad SMARTS) is 1. The van der Waals surface area contributed by atoms with E-state index in [2.05, 4.69) is 6.92 Å². The Hall–Kier alpha value is -1.81. The first-order chi connectivity index (χ1) is 9.08. The molecule has 1 aromatic carbocycles. The van der Waals surface area contributed by atoms with Crippen LogP contribution in [-0.4, -0.2) is 27.4 Å². The van der Waals surface area contributed by atoms with Crippen LogP contribution in [0.5, 0.6) is 0 Å². The van der Waals surface area contributed by atoms with Gasteiger partial charge in [-0.15, -0.1) is 0 Å². The van der Waals surface area contributed by atoms with Crippen molar-refractivity contribution in [2.75, 3.05) is 6.61 Å². The Morgan fingerprint density at radius 1 is 1.37 bits per heavy atom. The van der Waals surface area contributed by atoms with Crippen molar-refractivity contribution < 1.29 is 15.0 Å². The normalized spacial score (nSPS) is 11.1. The Balaban J connectivity index is 2.68. The molecule has 0 atom stereocenters. The van der Waals surface area contributed by atoms with E-state index in [1.165, 1.54) is 0 Å². The Labute approximate surface area is 112 Å². The molecule has 0 saturated carbocycles. The van der Waals surface area contributed by atoms with Gasteiger partial charge in [0.25, 0.3) is 0 Å². The molecule has 102 valence electrons. The number of carbonyl (C=O) groups is 1. The molecule has 0 aliphatic carbocycles. The standard InChI is InChI=1S/C15H19NO3/c1-3-4-11-9-16(5-6-17)14-7-10(2)12(15(18)19)8-13(11)14/h7-9,17H,3-6H2,1-2H3,(H,18,19). The number of hydrogen-bond acceptors (Lipinski definition) is 2. The number of hydrogen-bond donors (Lipinski definition) is 2. The van der Waals surface area contributed by atoms with Gasteiger partial charge in [-0.25, -0.2) is 4.79 Å². The Kier molecular flexibility index (Phi) is 3.90. The highest BCUT2D eigenvalue weighted by Crippen LogP contribution is 2.26. The van der Waals surface area contributed by atoms with Crippen LogP contribution in [-0.2, 0) is 13.0 Å². The van der Waals surface area contributed by atoms with Gasteiger partial charge in [0.15, 0.2) is 0 Å². The molecule has 0 unspecified atom stereocenters. The van der Waals surface area contributed by atoms with Crippen molar-refractivity contribution in [2.45, 2.75) is 33.2 Å². The highest BCUT2D eigenvalue weighted by molar-refractivity contribution is 5.96. The number of aromatic nitrogens is 1. The van der Waals surface area contributed by atoms with Gasteiger partial charge in [-0.2, -0.15) is 0 Å².